The number of nitrogens with zero attached hydrogens (tertiary/aromatic N) is 1. The molecule has 0 bridgehead atoms. The summed E-state index contributed by atoms with van der Waals surface area (Å²) < 4.78 is 16.4. The summed E-state index contributed by atoms with van der Waals surface area (Å²) >= 11 is 0. The van der Waals surface area contributed by atoms with E-state index in [0.29, 0.717) is 36.1 Å². The van der Waals surface area contributed by atoms with Crippen LogP contribution in [0.25, 0.3) is 0 Å². The SMILES string of the molecule is CCOc1ccccc1NC(=O)CN1CCCC1c1ccc(OC)c(OC)c1. The van der Waals surface area contributed by atoms with Crippen LogP contribution >= 0.6 is 0 Å². The first kappa shape index (κ1) is 20.0. The molecule has 1 heterocycles. The van der Waals surface area contributed by atoms with Crippen molar-refractivity contribution in [2.24, 2.45) is 0 Å². The minimum absolute atomic E-state index is 0.0421. The molecule has 2 aromatic rings. The summed E-state index contributed by atoms with van der Waals surface area (Å²) in [5, 5.41) is 2.98. The molecule has 28 heavy (non-hydrogen) atoms. The number of methoxy groups -OCH3 is 2. The maximum Gasteiger partial charge on any atom is 0.238 e. The van der Waals surface area contributed by atoms with E-state index in [4.69, 9.17) is 14.2 Å². The van der Waals surface area contributed by atoms with E-state index in [2.05, 4.69) is 10.2 Å². The number of rotatable bonds is 8. The maximum atomic E-state index is 12.7. The Morgan fingerprint density at radius 2 is 1.89 bits per heavy atom. The standard InChI is InChI=1S/C22H28N2O4/c1-4-28-19-10-6-5-8-17(19)23-22(25)15-24-13-7-9-18(24)16-11-12-20(26-2)21(14-16)27-3/h5-6,8,10-12,14,18H,4,7,9,13,15H2,1-3H3,(H,23,25). The molecule has 6 nitrogen and oxygen atoms in total. The lowest BCUT2D eigenvalue weighted by atomic mass is 10.0. The largest absolute Gasteiger partial charge is 0.493 e. The Morgan fingerprint density at radius 1 is 1.11 bits per heavy atom. The van der Waals surface area contributed by atoms with Crippen molar-refractivity contribution in [1.29, 1.82) is 0 Å². The zero-order valence-electron chi connectivity index (χ0n) is 16.7. The molecule has 1 aliphatic heterocycles. The van der Waals surface area contributed by atoms with Crippen molar-refractivity contribution >= 4 is 11.6 Å². The van der Waals surface area contributed by atoms with E-state index in [1.807, 2.05) is 49.4 Å². The van der Waals surface area contributed by atoms with Crippen LogP contribution in [0.1, 0.15) is 31.4 Å². The highest BCUT2D eigenvalue weighted by Gasteiger charge is 2.28. The number of hydrogen-bond acceptors (Lipinski definition) is 5. The van der Waals surface area contributed by atoms with Gasteiger partial charge >= 0.3 is 0 Å². The van der Waals surface area contributed by atoms with Crippen molar-refractivity contribution in [3.8, 4) is 17.2 Å². The third-order valence-electron chi connectivity index (χ3n) is 4.96. The number of anilines is 1. The zero-order valence-corrected chi connectivity index (χ0v) is 16.7. The van der Waals surface area contributed by atoms with E-state index < -0.39 is 0 Å². The van der Waals surface area contributed by atoms with Gasteiger partial charge in [0.2, 0.25) is 5.91 Å². The number of likely N-dealkylation sites (tertiary alicyclic amines) is 1. The molecule has 0 aliphatic carbocycles. The molecule has 1 aliphatic rings. The smallest absolute Gasteiger partial charge is 0.238 e. The van der Waals surface area contributed by atoms with Gasteiger partial charge in [-0.2, -0.15) is 0 Å². The monoisotopic (exact) mass is 384 g/mol. The van der Waals surface area contributed by atoms with Crippen LogP contribution in [0.5, 0.6) is 17.2 Å². The number of carbonyl (C=O) groups excluding carboxylic acids is 1. The number of ether oxygens (including phenoxy) is 3. The van der Waals surface area contributed by atoms with Gasteiger partial charge < -0.3 is 19.5 Å². The van der Waals surface area contributed by atoms with Gasteiger partial charge in [-0.25, -0.2) is 0 Å². The molecule has 1 atom stereocenters. The molecule has 1 amide bonds. The average Bonchev–Trinajstić information content (AvgIpc) is 3.17. The summed E-state index contributed by atoms with van der Waals surface area (Å²) in [6.07, 6.45) is 2.07. The summed E-state index contributed by atoms with van der Waals surface area (Å²) in [6, 6.07) is 13.7. The van der Waals surface area contributed by atoms with E-state index >= 15 is 0 Å². The van der Waals surface area contributed by atoms with E-state index in [-0.39, 0.29) is 11.9 Å². The maximum absolute atomic E-state index is 12.7. The third kappa shape index (κ3) is 4.57. The molecule has 2 aromatic carbocycles. The minimum Gasteiger partial charge on any atom is -0.493 e. The normalized spacial score (nSPS) is 16.6. The van der Waals surface area contributed by atoms with Crippen LogP contribution < -0.4 is 19.5 Å². The summed E-state index contributed by atoms with van der Waals surface area (Å²) in [5.41, 5.74) is 1.84. The van der Waals surface area contributed by atoms with Crippen molar-refractivity contribution < 1.29 is 19.0 Å². The van der Waals surface area contributed by atoms with Crippen molar-refractivity contribution in [1.82, 2.24) is 4.90 Å². The highest BCUT2D eigenvalue weighted by Crippen LogP contribution is 2.36. The Morgan fingerprint density at radius 3 is 2.64 bits per heavy atom. The number of hydrogen-bond donors (Lipinski definition) is 1. The number of amides is 1. The molecule has 1 saturated heterocycles. The lowest BCUT2D eigenvalue weighted by Gasteiger charge is -2.25. The molecule has 150 valence electrons. The Balaban J connectivity index is 1.69. The quantitative estimate of drug-likeness (QED) is 0.748. The number of benzene rings is 2. The average molecular weight is 384 g/mol. The van der Waals surface area contributed by atoms with Gasteiger partial charge in [0.05, 0.1) is 33.1 Å². The first-order valence-electron chi connectivity index (χ1n) is 9.64. The van der Waals surface area contributed by atoms with E-state index in [0.717, 1.165) is 24.9 Å². The molecule has 3 rings (SSSR count). The first-order chi connectivity index (χ1) is 13.7. The minimum atomic E-state index is -0.0421. The van der Waals surface area contributed by atoms with Crippen molar-refractivity contribution in [2.45, 2.75) is 25.8 Å². The van der Waals surface area contributed by atoms with Crippen LogP contribution in [-0.2, 0) is 4.79 Å². The number of nitrogens with one attached hydrogen (secondary N) is 1. The van der Waals surface area contributed by atoms with Crippen molar-refractivity contribution in [2.75, 3.05) is 39.2 Å². The summed E-state index contributed by atoms with van der Waals surface area (Å²) in [4.78, 5) is 14.9. The second kappa shape index (κ2) is 9.46. The molecular formula is C22H28N2O4. The van der Waals surface area contributed by atoms with Gasteiger partial charge in [-0.3, -0.25) is 9.69 Å². The first-order valence-corrected chi connectivity index (χ1v) is 9.64. The Hall–Kier alpha value is -2.73. The second-order valence-electron chi connectivity index (χ2n) is 6.72. The topological polar surface area (TPSA) is 60.0 Å². The molecule has 0 spiro atoms. The van der Waals surface area contributed by atoms with Gasteiger partial charge in [0.1, 0.15) is 5.75 Å². The highest BCUT2D eigenvalue weighted by molar-refractivity contribution is 5.93. The molecule has 1 unspecified atom stereocenters. The van der Waals surface area contributed by atoms with Gasteiger partial charge in [-0.1, -0.05) is 18.2 Å². The molecule has 0 aromatic heterocycles. The highest BCUT2D eigenvalue weighted by atomic mass is 16.5. The van der Waals surface area contributed by atoms with Crippen LogP contribution in [0.2, 0.25) is 0 Å². The van der Waals surface area contributed by atoms with E-state index in [1.165, 1.54) is 0 Å². The Bertz CT molecular complexity index is 809. The van der Waals surface area contributed by atoms with Crippen LogP contribution in [0, 0.1) is 0 Å². The predicted octanol–water partition coefficient (Wildman–Crippen LogP) is 3.88. The van der Waals surface area contributed by atoms with Gasteiger partial charge in [-0.05, 0) is 56.1 Å². The van der Waals surface area contributed by atoms with Crippen LogP contribution in [0.3, 0.4) is 0 Å². The van der Waals surface area contributed by atoms with Crippen LogP contribution in [0.15, 0.2) is 42.5 Å². The fraction of sp³-hybridized carbons (Fsp3) is 0.409. The summed E-state index contributed by atoms with van der Waals surface area (Å²) in [6.45, 7) is 3.70. The van der Waals surface area contributed by atoms with Gasteiger partial charge in [-0.15, -0.1) is 0 Å². The molecule has 1 fully saturated rings. The van der Waals surface area contributed by atoms with Crippen LogP contribution in [0.4, 0.5) is 5.69 Å². The molecule has 0 saturated carbocycles. The molecular weight excluding hydrogens is 356 g/mol. The fourth-order valence-corrected chi connectivity index (χ4v) is 3.68. The van der Waals surface area contributed by atoms with Gasteiger partial charge in [0.25, 0.3) is 0 Å². The second-order valence-corrected chi connectivity index (χ2v) is 6.72. The fourth-order valence-electron chi connectivity index (χ4n) is 3.68. The lowest BCUT2D eigenvalue weighted by Crippen LogP contribution is -2.33. The Labute approximate surface area is 166 Å². The van der Waals surface area contributed by atoms with Gasteiger partial charge in [0, 0.05) is 6.04 Å². The third-order valence-corrected chi connectivity index (χ3v) is 4.96. The van der Waals surface area contributed by atoms with Crippen LogP contribution in [-0.4, -0.2) is 44.7 Å². The molecule has 1 N–H and O–H groups in total. The number of carbonyl (C=O) groups is 1. The zero-order chi connectivity index (χ0) is 19.9. The van der Waals surface area contributed by atoms with Crippen molar-refractivity contribution in [3.63, 3.8) is 0 Å². The van der Waals surface area contributed by atoms with E-state index in [1.54, 1.807) is 14.2 Å². The molecule has 6 heteroatoms. The number of para-hydroxylation sites is 2. The van der Waals surface area contributed by atoms with Crippen molar-refractivity contribution in [3.05, 3.63) is 48.0 Å². The lowest BCUT2D eigenvalue weighted by molar-refractivity contribution is -0.117. The van der Waals surface area contributed by atoms with E-state index in [9.17, 15) is 4.79 Å². The molecule has 0 radical (unpaired) electrons. The Kier molecular flexibility index (Phi) is 6.76. The summed E-state index contributed by atoms with van der Waals surface area (Å²) in [5.74, 6) is 2.07. The predicted molar refractivity (Wildman–Crippen MR) is 109 cm³/mol. The summed E-state index contributed by atoms with van der Waals surface area (Å²) in [7, 11) is 3.27. The van der Waals surface area contributed by atoms with Gasteiger partial charge in [0.15, 0.2) is 11.5 Å².